The Bertz CT molecular complexity index is 345. The first-order chi connectivity index (χ1) is 7.74. The molecule has 1 aromatic heterocycles. The molecule has 0 atom stereocenters. The number of aliphatic hydroxyl groups excluding tert-OH is 1. The van der Waals surface area contributed by atoms with E-state index in [-0.39, 0.29) is 18.9 Å². The lowest BCUT2D eigenvalue weighted by molar-refractivity contribution is -0.384. The summed E-state index contributed by atoms with van der Waals surface area (Å²) >= 11 is 0. The molecule has 7 nitrogen and oxygen atoms in total. The van der Waals surface area contributed by atoms with Gasteiger partial charge in [-0.2, -0.15) is 0 Å². The van der Waals surface area contributed by atoms with Crippen LogP contribution in [0.2, 0.25) is 0 Å². The van der Waals surface area contributed by atoms with Gasteiger partial charge in [0.25, 0.3) is 5.69 Å². The maximum atomic E-state index is 10.5. The highest BCUT2D eigenvalue weighted by Gasteiger charge is 2.05. The van der Waals surface area contributed by atoms with Crippen LogP contribution < -0.4 is 5.32 Å². The largest absolute Gasteiger partial charge is 0.394 e. The van der Waals surface area contributed by atoms with E-state index in [1.165, 1.54) is 18.3 Å². The van der Waals surface area contributed by atoms with Crippen molar-refractivity contribution in [2.24, 2.45) is 0 Å². The van der Waals surface area contributed by atoms with Crippen LogP contribution in [0, 0.1) is 10.1 Å². The number of nitro groups is 1. The van der Waals surface area contributed by atoms with Gasteiger partial charge in [0, 0.05) is 18.8 Å². The van der Waals surface area contributed by atoms with E-state index in [1.54, 1.807) is 0 Å². The van der Waals surface area contributed by atoms with Crippen LogP contribution in [-0.4, -0.2) is 41.4 Å². The Labute approximate surface area is 92.2 Å². The fourth-order valence-corrected chi connectivity index (χ4v) is 1.05. The van der Waals surface area contributed by atoms with Crippen molar-refractivity contribution in [2.45, 2.75) is 0 Å². The van der Waals surface area contributed by atoms with Gasteiger partial charge in [0.1, 0.15) is 5.82 Å². The molecule has 0 saturated heterocycles. The predicted molar refractivity (Wildman–Crippen MR) is 57.3 cm³/mol. The van der Waals surface area contributed by atoms with E-state index >= 15 is 0 Å². The average Bonchev–Trinajstić information content (AvgIpc) is 2.29. The summed E-state index contributed by atoms with van der Waals surface area (Å²) in [5, 5.41) is 21.8. The number of pyridine rings is 1. The van der Waals surface area contributed by atoms with Gasteiger partial charge in [-0.05, 0) is 0 Å². The molecule has 0 unspecified atom stereocenters. The van der Waals surface area contributed by atoms with Crippen LogP contribution in [0.15, 0.2) is 18.3 Å². The Hall–Kier alpha value is -1.73. The maximum Gasteiger partial charge on any atom is 0.274 e. The smallest absolute Gasteiger partial charge is 0.274 e. The van der Waals surface area contributed by atoms with Crippen LogP contribution in [-0.2, 0) is 4.74 Å². The van der Waals surface area contributed by atoms with Gasteiger partial charge in [0.05, 0.1) is 30.8 Å². The molecule has 0 bridgehead atoms. The summed E-state index contributed by atoms with van der Waals surface area (Å²) in [5.74, 6) is 0.432. The first kappa shape index (κ1) is 12.3. The van der Waals surface area contributed by atoms with Crippen molar-refractivity contribution >= 4 is 11.5 Å². The van der Waals surface area contributed by atoms with Crippen LogP contribution in [0.3, 0.4) is 0 Å². The van der Waals surface area contributed by atoms with Gasteiger partial charge in [-0.25, -0.2) is 4.98 Å². The molecular weight excluding hydrogens is 214 g/mol. The molecule has 0 fully saturated rings. The van der Waals surface area contributed by atoms with Crippen LogP contribution in [0.1, 0.15) is 0 Å². The van der Waals surface area contributed by atoms with Crippen molar-refractivity contribution in [2.75, 3.05) is 31.7 Å². The minimum absolute atomic E-state index is 0.00576. The molecule has 0 saturated carbocycles. The Morgan fingerprint density at radius 2 is 2.38 bits per heavy atom. The molecule has 0 aliphatic heterocycles. The zero-order valence-electron chi connectivity index (χ0n) is 8.63. The number of aliphatic hydroxyl groups is 1. The molecular formula is C9H13N3O4. The minimum atomic E-state index is -0.477. The average molecular weight is 227 g/mol. The van der Waals surface area contributed by atoms with Crippen LogP contribution in [0.25, 0.3) is 0 Å². The van der Waals surface area contributed by atoms with Gasteiger partial charge >= 0.3 is 0 Å². The Kier molecular flexibility index (Phi) is 5.17. The van der Waals surface area contributed by atoms with E-state index in [0.29, 0.717) is 19.0 Å². The van der Waals surface area contributed by atoms with Crippen LogP contribution in [0.5, 0.6) is 0 Å². The number of nitrogens with zero attached hydrogens (tertiary/aromatic N) is 2. The summed E-state index contributed by atoms with van der Waals surface area (Å²) in [6.07, 6.45) is 1.37. The van der Waals surface area contributed by atoms with Gasteiger partial charge in [-0.3, -0.25) is 10.1 Å². The monoisotopic (exact) mass is 227 g/mol. The predicted octanol–water partition coefficient (Wildman–Crippen LogP) is 0.411. The molecule has 1 heterocycles. The summed E-state index contributed by atoms with van der Waals surface area (Å²) in [7, 11) is 0. The van der Waals surface area contributed by atoms with E-state index in [9.17, 15) is 10.1 Å². The molecule has 1 aromatic rings. The topological polar surface area (TPSA) is 97.5 Å². The Balaban J connectivity index is 2.36. The molecule has 0 radical (unpaired) electrons. The maximum absolute atomic E-state index is 10.5. The van der Waals surface area contributed by atoms with Crippen molar-refractivity contribution in [3.8, 4) is 0 Å². The second kappa shape index (κ2) is 6.70. The third-order valence-electron chi connectivity index (χ3n) is 1.74. The normalized spacial score (nSPS) is 10.1. The lowest BCUT2D eigenvalue weighted by atomic mass is 10.4. The lowest BCUT2D eigenvalue weighted by Crippen LogP contribution is -2.12. The van der Waals surface area contributed by atoms with E-state index in [4.69, 9.17) is 9.84 Å². The van der Waals surface area contributed by atoms with E-state index < -0.39 is 4.92 Å². The van der Waals surface area contributed by atoms with E-state index in [0.717, 1.165) is 0 Å². The SMILES string of the molecule is O=[N+]([O-])c1ccnc(NCCOCCO)c1. The quantitative estimate of drug-likeness (QED) is 0.398. The third-order valence-corrected chi connectivity index (χ3v) is 1.74. The summed E-state index contributed by atoms with van der Waals surface area (Å²) in [6.45, 7) is 1.15. The highest BCUT2D eigenvalue weighted by atomic mass is 16.6. The zero-order chi connectivity index (χ0) is 11.8. The van der Waals surface area contributed by atoms with E-state index in [2.05, 4.69) is 10.3 Å². The second-order valence-corrected chi connectivity index (χ2v) is 2.92. The number of hydrogen-bond donors (Lipinski definition) is 2. The fraction of sp³-hybridized carbons (Fsp3) is 0.444. The summed E-state index contributed by atoms with van der Waals surface area (Å²) in [4.78, 5) is 13.9. The van der Waals surface area contributed by atoms with Gasteiger partial charge < -0.3 is 15.2 Å². The fourth-order valence-electron chi connectivity index (χ4n) is 1.05. The number of hydrogen-bond acceptors (Lipinski definition) is 6. The number of nitrogens with one attached hydrogen (secondary N) is 1. The number of rotatable bonds is 7. The molecule has 88 valence electrons. The summed E-state index contributed by atoms with van der Waals surface area (Å²) in [5.41, 5.74) is -0.00576. The zero-order valence-corrected chi connectivity index (χ0v) is 8.63. The number of ether oxygens (including phenoxy) is 1. The Morgan fingerprint density at radius 3 is 3.06 bits per heavy atom. The molecule has 0 aliphatic carbocycles. The summed E-state index contributed by atoms with van der Waals surface area (Å²) in [6, 6.07) is 2.68. The summed E-state index contributed by atoms with van der Waals surface area (Å²) < 4.78 is 5.01. The van der Waals surface area contributed by atoms with Crippen LogP contribution >= 0.6 is 0 Å². The molecule has 7 heteroatoms. The van der Waals surface area contributed by atoms with E-state index in [1.807, 2.05) is 0 Å². The number of aromatic nitrogens is 1. The van der Waals surface area contributed by atoms with Gasteiger partial charge in [-0.15, -0.1) is 0 Å². The van der Waals surface area contributed by atoms with Gasteiger partial charge in [0.2, 0.25) is 0 Å². The van der Waals surface area contributed by atoms with Crippen molar-refractivity contribution in [3.63, 3.8) is 0 Å². The third kappa shape index (κ3) is 4.20. The molecule has 0 spiro atoms. The van der Waals surface area contributed by atoms with Gasteiger partial charge in [-0.1, -0.05) is 0 Å². The number of anilines is 1. The Morgan fingerprint density at radius 1 is 1.56 bits per heavy atom. The van der Waals surface area contributed by atoms with Crippen LogP contribution in [0.4, 0.5) is 11.5 Å². The molecule has 0 amide bonds. The van der Waals surface area contributed by atoms with Gasteiger partial charge in [0.15, 0.2) is 0 Å². The molecule has 2 N–H and O–H groups in total. The van der Waals surface area contributed by atoms with Crippen molar-refractivity contribution in [3.05, 3.63) is 28.4 Å². The molecule has 0 aliphatic rings. The van der Waals surface area contributed by atoms with Crippen molar-refractivity contribution < 1.29 is 14.8 Å². The minimum Gasteiger partial charge on any atom is -0.394 e. The second-order valence-electron chi connectivity index (χ2n) is 2.92. The highest BCUT2D eigenvalue weighted by Crippen LogP contribution is 2.13. The highest BCUT2D eigenvalue weighted by molar-refractivity contribution is 5.44. The molecule has 16 heavy (non-hydrogen) atoms. The van der Waals surface area contributed by atoms with Crippen molar-refractivity contribution in [1.29, 1.82) is 0 Å². The standard InChI is InChI=1S/C9H13N3O4/c13-4-6-16-5-3-11-9-7-8(12(14)15)1-2-10-9/h1-2,7,13H,3-6H2,(H,10,11). The first-order valence-electron chi connectivity index (χ1n) is 4.77. The lowest BCUT2D eigenvalue weighted by Gasteiger charge is -2.05. The first-order valence-corrected chi connectivity index (χ1v) is 4.77. The molecule has 1 rings (SSSR count). The van der Waals surface area contributed by atoms with Crippen molar-refractivity contribution in [1.82, 2.24) is 4.98 Å². The molecule has 0 aromatic carbocycles.